The molecule has 1 aromatic rings. The van der Waals surface area contributed by atoms with Gasteiger partial charge in [0.05, 0.1) is 10.7 Å². The van der Waals surface area contributed by atoms with Crippen LogP contribution in [0.4, 0.5) is 18.9 Å². The minimum Gasteiger partial charge on any atom is -0.296 e. The lowest BCUT2D eigenvalue weighted by Gasteiger charge is -2.10. The summed E-state index contributed by atoms with van der Waals surface area (Å²) in [6, 6.07) is 5.68. The molecule has 66 valence electrons. The Morgan fingerprint density at radius 2 is 1.75 bits per heavy atom. The van der Waals surface area contributed by atoms with E-state index in [1.165, 1.54) is 23.5 Å². The van der Waals surface area contributed by atoms with E-state index >= 15 is 0 Å². The van der Waals surface area contributed by atoms with Gasteiger partial charge in [0, 0.05) is 0 Å². The number of hydrogen-bond acceptors (Lipinski definition) is 1. The molecule has 0 aliphatic carbocycles. The van der Waals surface area contributed by atoms with Crippen molar-refractivity contribution in [2.45, 2.75) is 6.30 Å². The fourth-order valence-corrected chi connectivity index (χ4v) is 0.898. The zero-order valence-electron chi connectivity index (χ0n) is 5.82. The Morgan fingerprint density at radius 1 is 1.17 bits per heavy atom. The molecule has 1 aromatic carbocycles. The fraction of sp³-hybridized carbons (Fsp3) is 0.143. The van der Waals surface area contributed by atoms with Crippen molar-refractivity contribution < 1.29 is 13.2 Å². The minimum atomic E-state index is -4.44. The lowest BCUT2D eigenvalue weighted by atomic mass is 10.3. The van der Waals surface area contributed by atoms with Gasteiger partial charge >= 0.3 is 6.30 Å². The molecule has 12 heavy (non-hydrogen) atoms. The van der Waals surface area contributed by atoms with Gasteiger partial charge in [-0.1, -0.05) is 23.7 Å². The number of halogens is 4. The average Bonchev–Trinajstić information content (AvgIpc) is 1.91. The van der Waals surface area contributed by atoms with Crippen LogP contribution >= 0.6 is 11.6 Å². The van der Waals surface area contributed by atoms with E-state index in [1.807, 2.05) is 0 Å². The molecule has 0 unspecified atom stereocenters. The van der Waals surface area contributed by atoms with Crippen LogP contribution in [0.3, 0.4) is 0 Å². The molecule has 1 N–H and O–H groups in total. The van der Waals surface area contributed by atoms with Crippen LogP contribution in [0.5, 0.6) is 0 Å². The molecule has 0 heterocycles. The second-order valence-corrected chi connectivity index (χ2v) is 2.51. The van der Waals surface area contributed by atoms with Gasteiger partial charge in [-0.3, -0.25) is 5.32 Å². The van der Waals surface area contributed by atoms with Gasteiger partial charge in [0.25, 0.3) is 0 Å². The summed E-state index contributed by atoms with van der Waals surface area (Å²) in [7, 11) is 0. The molecule has 0 aliphatic heterocycles. The summed E-state index contributed by atoms with van der Waals surface area (Å²) >= 11 is 5.47. The van der Waals surface area contributed by atoms with Gasteiger partial charge in [-0.25, -0.2) is 0 Å². The number of benzene rings is 1. The topological polar surface area (TPSA) is 12.0 Å². The molecule has 0 saturated carbocycles. The van der Waals surface area contributed by atoms with Crippen LogP contribution < -0.4 is 5.32 Å². The molecule has 0 radical (unpaired) electrons. The van der Waals surface area contributed by atoms with Crippen LogP contribution in [-0.4, -0.2) is 6.30 Å². The van der Waals surface area contributed by atoms with Gasteiger partial charge in [-0.2, -0.15) is 13.2 Å². The van der Waals surface area contributed by atoms with Crippen molar-refractivity contribution in [3.63, 3.8) is 0 Å². The van der Waals surface area contributed by atoms with Crippen LogP contribution in [0, 0.1) is 0 Å². The van der Waals surface area contributed by atoms with Crippen molar-refractivity contribution in [2.75, 3.05) is 5.32 Å². The van der Waals surface area contributed by atoms with E-state index in [9.17, 15) is 13.2 Å². The number of para-hydroxylation sites is 1. The third kappa shape index (κ3) is 2.62. The monoisotopic (exact) mass is 195 g/mol. The Kier molecular flexibility index (Phi) is 2.47. The van der Waals surface area contributed by atoms with E-state index in [2.05, 4.69) is 0 Å². The lowest BCUT2D eigenvalue weighted by Crippen LogP contribution is -2.20. The quantitative estimate of drug-likeness (QED) is 0.679. The molecule has 0 spiro atoms. The molecule has 1 nitrogen and oxygen atoms in total. The van der Waals surface area contributed by atoms with E-state index in [1.54, 1.807) is 6.07 Å². The Morgan fingerprint density at radius 3 is 2.25 bits per heavy atom. The summed E-state index contributed by atoms with van der Waals surface area (Å²) < 4.78 is 35.3. The highest BCUT2D eigenvalue weighted by atomic mass is 35.5. The zero-order chi connectivity index (χ0) is 9.19. The van der Waals surface area contributed by atoms with E-state index < -0.39 is 6.30 Å². The Labute approximate surface area is 72.1 Å². The summed E-state index contributed by atoms with van der Waals surface area (Å²) in [6.07, 6.45) is -4.44. The fourth-order valence-electron chi connectivity index (χ4n) is 0.715. The summed E-state index contributed by atoms with van der Waals surface area (Å²) in [5.74, 6) is 0. The minimum absolute atomic E-state index is 0.0508. The maximum absolute atomic E-state index is 11.8. The first kappa shape index (κ1) is 9.19. The molecule has 5 heteroatoms. The number of nitrogens with one attached hydrogen (secondary N) is 1. The van der Waals surface area contributed by atoms with Crippen molar-refractivity contribution in [3.05, 3.63) is 29.3 Å². The largest absolute Gasteiger partial charge is 0.482 e. The van der Waals surface area contributed by atoms with Crippen molar-refractivity contribution in [2.24, 2.45) is 0 Å². The maximum Gasteiger partial charge on any atom is 0.482 e. The molecule has 0 amide bonds. The summed E-state index contributed by atoms with van der Waals surface area (Å²) in [6.45, 7) is 0. The highest BCUT2D eigenvalue weighted by Crippen LogP contribution is 2.26. The summed E-state index contributed by atoms with van der Waals surface area (Å²) in [4.78, 5) is 0. The van der Waals surface area contributed by atoms with Gasteiger partial charge in [0.1, 0.15) is 0 Å². The molecule has 1 rings (SSSR count). The van der Waals surface area contributed by atoms with Crippen molar-refractivity contribution in [3.8, 4) is 0 Å². The highest BCUT2D eigenvalue weighted by molar-refractivity contribution is 6.33. The first-order chi connectivity index (χ1) is 5.49. The first-order valence-corrected chi connectivity index (χ1v) is 3.46. The third-order valence-electron chi connectivity index (χ3n) is 1.15. The average molecular weight is 196 g/mol. The van der Waals surface area contributed by atoms with Crippen LogP contribution in [0.1, 0.15) is 0 Å². The van der Waals surface area contributed by atoms with Gasteiger partial charge < -0.3 is 0 Å². The molecule has 0 bridgehead atoms. The Balaban J connectivity index is 2.83. The molecular formula is C7H5ClF3N. The van der Waals surface area contributed by atoms with Crippen LogP contribution in [-0.2, 0) is 0 Å². The zero-order valence-corrected chi connectivity index (χ0v) is 6.58. The molecular weight excluding hydrogens is 191 g/mol. The molecule has 0 aromatic heterocycles. The molecule has 0 aliphatic rings. The van der Waals surface area contributed by atoms with Gasteiger partial charge in [-0.15, -0.1) is 0 Å². The number of anilines is 1. The normalized spacial score (nSPS) is 11.3. The maximum atomic E-state index is 11.8. The molecule has 0 atom stereocenters. The van der Waals surface area contributed by atoms with Crippen molar-refractivity contribution in [1.82, 2.24) is 0 Å². The van der Waals surface area contributed by atoms with Crippen LogP contribution in [0.25, 0.3) is 0 Å². The van der Waals surface area contributed by atoms with Gasteiger partial charge in [0.2, 0.25) is 0 Å². The number of hydrogen-bond donors (Lipinski definition) is 1. The van der Waals surface area contributed by atoms with Gasteiger partial charge in [0.15, 0.2) is 0 Å². The van der Waals surface area contributed by atoms with Crippen molar-refractivity contribution >= 4 is 17.3 Å². The van der Waals surface area contributed by atoms with Crippen LogP contribution in [0.2, 0.25) is 5.02 Å². The smallest absolute Gasteiger partial charge is 0.296 e. The first-order valence-electron chi connectivity index (χ1n) is 3.08. The van der Waals surface area contributed by atoms with E-state index in [0.717, 1.165) is 0 Å². The predicted octanol–water partition coefficient (Wildman–Crippen LogP) is 3.27. The standard InChI is InChI=1S/C7H5ClF3N/c8-5-3-1-2-4-6(5)12-7(9,10)11/h1-4,12H. The Hall–Kier alpha value is -0.900. The van der Waals surface area contributed by atoms with Crippen LogP contribution in [0.15, 0.2) is 24.3 Å². The van der Waals surface area contributed by atoms with E-state index in [0.29, 0.717) is 0 Å². The lowest BCUT2D eigenvalue weighted by molar-refractivity contribution is -0.0999. The van der Waals surface area contributed by atoms with E-state index in [-0.39, 0.29) is 10.7 Å². The Bertz CT molecular complexity index is 272. The summed E-state index contributed by atoms with van der Waals surface area (Å²) in [5, 5.41) is 1.37. The van der Waals surface area contributed by atoms with Crippen molar-refractivity contribution in [1.29, 1.82) is 0 Å². The third-order valence-corrected chi connectivity index (χ3v) is 1.48. The predicted molar refractivity (Wildman–Crippen MR) is 41.1 cm³/mol. The SMILES string of the molecule is FC(F)(F)Nc1ccccc1Cl. The molecule has 0 saturated heterocycles. The van der Waals surface area contributed by atoms with E-state index in [4.69, 9.17) is 11.6 Å². The summed E-state index contributed by atoms with van der Waals surface area (Å²) in [5.41, 5.74) is -0.133. The second-order valence-electron chi connectivity index (χ2n) is 2.10. The number of alkyl halides is 3. The second kappa shape index (κ2) is 3.23. The number of rotatable bonds is 1. The highest BCUT2D eigenvalue weighted by Gasteiger charge is 2.27. The van der Waals surface area contributed by atoms with Gasteiger partial charge in [-0.05, 0) is 12.1 Å². The molecule has 0 fully saturated rings.